The Bertz CT molecular complexity index is 395. The maximum Gasteiger partial charge on any atom is 0.254 e. The van der Waals surface area contributed by atoms with Crippen molar-refractivity contribution in [3.8, 4) is 0 Å². The molecule has 0 aliphatic carbocycles. The number of hydrogen-bond donors (Lipinski definition) is 1. The second-order valence-electron chi connectivity index (χ2n) is 1.96. The third-order valence-corrected chi connectivity index (χ3v) is 1.59. The Labute approximate surface area is 66.8 Å². The van der Waals surface area contributed by atoms with Crippen molar-refractivity contribution >= 4 is 23.2 Å². The summed E-state index contributed by atoms with van der Waals surface area (Å²) in [4.78, 5) is 7.70. The van der Waals surface area contributed by atoms with Gasteiger partial charge in [-0.2, -0.15) is 14.6 Å². The fourth-order valence-corrected chi connectivity index (χ4v) is 0.904. The van der Waals surface area contributed by atoms with Gasteiger partial charge in [0.25, 0.3) is 5.78 Å². The maximum atomic E-state index is 5.67. The molecule has 0 aliphatic rings. The number of aromatic nitrogens is 4. The Morgan fingerprint density at radius 1 is 1.45 bits per heavy atom. The van der Waals surface area contributed by atoms with Crippen molar-refractivity contribution in [3.05, 3.63) is 17.5 Å². The van der Waals surface area contributed by atoms with E-state index in [9.17, 15) is 0 Å². The van der Waals surface area contributed by atoms with Crippen LogP contribution in [0.2, 0.25) is 5.02 Å². The van der Waals surface area contributed by atoms with Gasteiger partial charge in [-0.05, 0) is 0 Å². The molecule has 0 aliphatic heterocycles. The summed E-state index contributed by atoms with van der Waals surface area (Å²) in [6.07, 6.45) is 2.82. The van der Waals surface area contributed by atoms with Crippen LogP contribution in [0.25, 0.3) is 5.78 Å². The summed E-state index contributed by atoms with van der Waals surface area (Å²) in [5.41, 5.74) is 5.55. The number of anilines is 1. The highest BCUT2D eigenvalue weighted by Gasteiger charge is 2.03. The van der Waals surface area contributed by atoms with Gasteiger partial charge in [-0.15, -0.1) is 0 Å². The third kappa shape index (κ3) is 0.813. The fraction of sp³-hybridized carbons (Fsp3) is 0. The molecule has 11 heavy (non-hydrogen) atoms. The number of halogens is 1. The zero-order chi connectivity index (χ0) is 7.84. The van der Waals surface area contributed by atoms with Crippen LogP contribution in [0.5, 0.6) is 0 Å². The molecule has 5 nitrogen and oxygen atoms in total. The molecule has 0 amide bonds. The highest BCUT2D eigenvalue weighted by atomic mass is 35.5. The van der Waals surface area contributed by atoms with Gasteiger partial charge >= 0.3 is 0 Å². The average molecular weight is 170 g/mol. The molecule has 0 atom stereocenters. The Morgan fingerprint density at radius 2 is 2.27 bits per heavy atom. The van der Waals surface area contributed by atoms with Crippen molar-refractivity contribution in [2.24, 2.45) is 0 Å². The zero-order valence-corrected chi connectivity index (χ0v) is 6.15. The number of rotatable bonds is 0. The molecular formula is C5H4ClN5. The highest BCUT2D eigenvalue weighted by Crippen LogP contribution is 2.15. The van der Waals surface area contributed by atoms with Crippen LogP contribution in [0.3, 0.4) is 0 Å². The average Bonchev–Trinajstić information content (AvgIpc) is 2.45. The van der Waals surface area contributed by atoms with Gasteiger partial charge in [0.1, 0.15) is 17.2 Å². The van der Waals surface area contributed by atoms with Gasteiger partial charge in [-0.3, -0.25) is 0 Å². The smallest absolute Gasteiger partial charge is 0.254 e. The van der Waals surface area contributed by atoms with Gasteiger partial charge in [-0.25, -0.2) is 4.98 Å². The molecule has 2 aromatic rings. The molecule has 0 bridgehead atoms. The van der Waals surface area contributed by atoms with Crippen molar-refractivity contribution in [2.75, 3.05) is 5.73 Å². The van der Waals surface area contributed by atoms with Crippen molar-refractivity contribution in [3.63, 3.8) is 0 Å². The van der Waals surface area contributed by atoms with Crippen LogP contribution in [0, 0.1) is 0 Å². The van der Waals surface area contributed by atoms with Gasteiger partial charge in [0.2, 0.25) is 0 Å². The first kappa shape index (κ1) is 6.36. The van der Waals surface area contributed by atoms with E-state index in [2.05, 4.69) is 15.1 Å². The van der Waals surface area contributed by atoms with Crippen LogP contribution >= 0.6 is 11.6 Å². The Balaban J connectivity index is 2.93. The molecule has 6 heteroatoms. The lowest BCUT2D eigenvalue weighted by atomic mass is 10.6. The van der Waals surface area contributed by atoms with Gasteiger partial charge in [0.15, 0.2) is 0 Å². The number of nitrogen functional groups attached to an aromatic ring is 1. The van der Waals surface area contributed by atoms with E-state index in [1.165, 1.54) is 17.0 Å². The molecule has 0 aromatic carbocycles. The molecule has 56 valence electrons. The van der Waals surface area contributed by atoms with Crippen LogP contribution in [-0.2, 0) is 0 Å². The van der Waals surface area contributed by atoms with E-state index in [1.54, 1.807) is 0 Å². The van der Waals surface area contributed by atoms with Gasteiger partial charge in [-0.1, -0.05) is 11.6 Å². The fourth-order valence-electron chi connectivity index (χ4n) is 0.775. The number of nitrogens with two attached hydrogens (primary N) is 1. The van der Waals surface area contributed by atoms with Crippen molar-refractivity contribution in [1.82, 2.24) is 19.6 Å². The molecule has 0 radical (unpaired) electrons. The van der Waals surface area contributed by atoms with E-state index in [0.717, 1.165) is 0 Å². The van der Waals surface area contributed by atoms with Gasteiger partial charge < -0.3 is 5.73 Å². The second kappa shape index (κ2) is 2.06. The molecule has 0 fully saturated rings. The normalized spacial score (nSPS) is 10.6. The van der Waals surface area contributed by atoms with E-state index in [4.69, 9.17) is 17.3 Å². The van der Waals surface area contributed by atoms with E-state index >= 15 is 0 Å². The molecule has 0 saturated heterocycles. The van der Waals surface area contributed by atoms with E-state index < -0.39 is 0 Å². The SMILES string of the molecule is Nc1c(Cl)cnc2ncnn12. The van der Waals surface area contributed by atoms with Gasteiger partial charge in [0.05, 0.1) is 6.20 Å². The monoisotopic (exact) mass is 169 g/mol. The van der Waals surface area contributed by atoms with Crippen LogP contribution in [0.4, 0.5) is 5.82 Å². The second-order valence-corrected chi connectivity index (χ2v) is 2.37. The molecule has 0 spiro atoms. The van der Waals surface area contributed by atoms with Crippen molar-refractivity contribution in [2.45, 2.75) is 0 Å². The molecule has 2 N–H and O–H groups in total. The number of nitrogens with zero attached hydrogens (tertiary/aromatic N) is 4. The van der Waals surface area contributed by atoms with Crippen LogP contribution in [-0.4, -0.2) is 19.6 Å². The maximum absolute atomic E-state index is 5.67. The standard InChI is InChI=1S/C5H4ClN5/c6-3-1-8-5-9-2-10-11(5)4(3)7/h1-2H,7H2. The summed E-state index contributed by atoms with van der Waals surface area (Å²) in [5.74, 6) is 0.807. The lowest BCUT2D eigenvalue weighted by Gasteiger charge is -1.97. The van der Waals surface area contributed by atoms with Crippen LogP contribution in [0.1, 0.15) is 0 Å². The quantitative estimate of drug-likeness (QED) is 0.618. The summed E-state index contributed by atoms with van der Waals surface area (Å²) in [6.45, 7) is 0. The summed E-state index contributed by atoms with van der Waals surface area (Å²) in [7, 11) is 0. The summed E-state index contributed by atoms with van der Waals surface area (Å²) in [5, 5.41) is 4.19. The first-order chi connectivity index (χ1) is 5.29. The summed E-state index contributed by atoms with van der Waals surface area (Å²) in [6, 6.07) is 0. The highest BCUT2D eigenvalue weighted by molar-refractivity contribution is 6.32. The topological polar surface area (TPSA) is 69.1 Å². The molecule has 2 aromatic heterocycles. The van der Waals surface area contributed by atoms with Crippen LogP contribution < -0.4 is 5.73 Å². The molecular weight excluding hydrogens is 166 g/mol. The first-order valence-electron chi connectivity index (χ1n) is 2.89. The molecule has 2 rings (SSSR count). The minimum Gasteiger partial charge on any atom is -0.382 e. The molecule has 2 heterocycles. The number of fused-ring (bicyclic) bond motifs is 1. The third-order valence-electron chi connectivity index (χ3n) is 1.30. The lowest BCUT2D eigenvalue weighted by Crippen LogP contribution is -2.00. The largest absolute Gasteiger partial charge is 0.382 e. The lowest BCUT2D eigenvalue weighted by molar-refractivity contribution is 0.952. The van der Waals surface area contributed by atoms with E-state index in [-0.39, 0.29) is 0 Å². The van der Waals surface area contributed by atoms with E-state index in [1.807, 2.05) is 0 Å². The predicted octanol–water partition coefficient (Wildman–Crippen LogP) is 0.360. The predicted molar refractivity (Wildman–Crippen MR) is 40.2 cm³/mol. The van der Waals surface area contributed by atoms with Gasteiger partial charge in [0, 0.05) is 0 Å². The Morgan fingerprint density at radius 3 is 3.09 bits per heavy atom. The molecule has 0 unspecified atom stereocenters. The first-order valence-corrected chi connectivity index (χ1v) is 3.26. The van der Waals surface area contributed by atoms with Crippen LogP contribution in [0.15, 0.2) is 12.5 Å². The van der Waals surface area contributed by atoms with Crippen molar-refractivity contribution < 1.29 is 0 Å². The van der Waals surface area contributed by atoms with Crippen molar-refractivity contribution in [1.29, 1.82) is 0 Å². The Kier molecular flexibility index (Phi) is 1.19. The minimum absolute atomic E-state index is 0.356. The zero-order valence-electron chi connectivity index (χ0n) is 5.40. The summed E-state index contributed by atoms with van der Waals surface area (Å²) < 4.78 is 1.38. The summed E-state index contributed by atoms with van der Waals surface area (Å²) >= 11 is 5.67. The number of hydrogen-bond acceptors (Lipinski definition) is 4. The van der Waals surface area contributed by atoms with E-state index in [0.29, 0.717) is 16.6 Å². The Hall–Kier alpha value is -1.36. The molecule has 0 saturated carbocycles. The minimum atomic E-state index is 0.356.